The summed E-state index contributed by atoms with van der Waals surface area (Å²) in [6, 6.07) is 15.5. The van der Waals surface area contributed by atoms with Gasteiger partial charge in [0.05, 0.1) is 18.1 Å². The Labute approximate surface area is 210 Å². The van der Waals surface area contributed by atoms with Crippen LogP contribution >= 0.6 is 0 Å². The van der Waals surface area contributed by atoms with Gasteiger partial charge in [0, 0.05) is 31.6 Å². The van der Waals surface area contributed by atoms with Crippen molar-refractivity contribution in [1.82, 2.24) is 4.90 Å². The molecule has 1 heterocycles. The van der Waals surface area contributed by atoms with Gasteiger partial charge in [-0.05, 0) is 62.7 Å². The maximum atomic E-state index is 12.5. The number of rotatable bonds is 7. The molecule has 0 spiro atoms. The SMILES string of the molecule is CC(C)(C)OC(=O)N1CCC(OC(=O)c2ccc(NC(=O)COc3ccc(CC#N)cc3)cc2)CC1. The van der Waals surface area contributed by atoms with Crippen LogP contribution in [0.4, 0.5) is 10.5 Å². The van der Waals surface area contributed by atoms with Crippen molar-refractivity contribution in [1.29, 1.82) is 5.26 Å². The standard InChI is InChI=1S/C27H31N3O6/c1-27(2,3)36-26(33)30-16-13-23(14-17-30)35-25(32)20-6-8-21(9-7-20)29-24(31)18-34-22-10-4-19(5-11-22)12-15-28/h4-11,23H,12-14,16-18H2,1-3H3,(H,29,31). The number of carbonyl (C=O) groups excluding carboxylic acids is 3. The summed E-state index contributed by atoms with van der Waals surface area (Å²) in [5.41, 5.74) is 1.22. The van der Waals surface area contributed by atoms with Crippen LogP contribution in [0.25, 0.3) is 0 Å². The number of amides is 2. The maximum absolute atomic E-state index is 12.5. The third kappa shape index (κ3) is 8.31. The number of esters is 1. The highest BCUT2D eigenvalue weighted by atomic mass is 16.6. The third-order valence-electron chi connectivity index (χ3n) is 5.35. The second-order valence-corrected chi connectivity index (χ2v) is 9.47. The molecule has 0 bridgehead atoms. The average Bonchev–Trinajstić information content (AvgIpc) is 2.83. The van der Waals surface area contributed by atoms with E-state index in [0.717, 1.165) is 5.56 Å². The van der Waals surface area contributed by atoms with Crippen molar-refractivity contribution < 1.29 is 28.6 Å². The van der Waals surface area contributed by atoms with Crippen LogP contribution in [-0.4, -0.2) is 54.3 Å². The molecule has 2 aromatic carbocycles. The fourth-order valence-corrected chi connectivity index (χ4v) is 3.53. The lowest BCUT2D eigenvalue weighted by Crippen LogP contribution is -2.43. The van der Waals surface area contributed by atoms with Gasteiger partial charge in [-0.25, -0.2) is 9.59 Å². The molecule has 9 nitrogen and oxygen atoms in total. The predicted octanol–water partition coefficient (Wildman–Crippen LogP) is 4.33. The summed E-state index contributed by atoms with van der Waals surface area (Å²) in [5, 5.41) is 11.4. The van der Waals surface area contributed by atoms with Gasteiger partial charge in [0.15, 0.2) is 6.61 Å². The molecule has 0 atom stereocenters. The number of piperidine rings is 1. The number of nitriles is 1. The fourth-order valence-electron chi connectivity index (χ4n) is 3.53. The third-order valence-corrected chi connectivity index (χ3v) is 5.35. The lowest BCUT2D eigenvalue weighted by atomic mass is 10.1. The fraction of sp³-hybridized carbons (Fsp3) is 0.407. The number of likely N-dealkylation sites (tertiary alicyclic amines) is 1. The second kappa shape index (κ2) is 12.1. The van der Waals surface area contributed by atoms with E-state index in [0.29, 0.717) is 49.4 Å². The van der Waals surface area contributed by atoms with Gasteiger partial charge in [-0.2, -0.15) is 5.26 Å². The molecule has 1 aliphatic rings. The van der Waals surface area contributed by atoms with Gasteiger partial charge >= 0.3 is 12.1 Å². The van der Waals surface area contributed by atoms with E-state index >= 15 is 0 Å². The molecule has 36 heavy (non-hydrogen) atoms. The van der Waals surface area contributed by atoms with Crippen molar-refractivity contribution in [3.05, 3.63) is 59.7 Å². The van der Waals surface area contributed by atoms with Gasteiger partial charge in [-0.15, -0.1) is 0 Å². The lowest BCUT2D eigenvalue weighted by molar-refractivity contribution is -0.118. The molecule has 0 unspecified atom stereocenters. The van der Waals surface area contributed by atoms with Crippen LogP contribution in [0.15, 0.2) is 48.5 Å². The highest BCUT2D eigenvalue weighted by Gasteiger charge is 2.28. The molecule has 2 aromatic rings. The number of nitrogens with one attached hydrogen (secondary N) is 1. The first kappa shape index (κ1) is 26.5. The zero-order chi connectivity index (χ0) is 26.1. The minimum Gasteiger partial charge on any atom is -0.484 e. The molecule has 1 fully saturated rings. The van der Waals surface area contributed by atoms with Gasteiger partial charge in [-0.1, -0.05) is 12.1 Å². The normalized spacial score (nSPS) is 13.9. The van der Waals surface area contributed by atoms with Crippen molar-refractivity contribution in [3.63, 3.8) is 0 Å². The molecule has 0 radical (unpaired) electrons. The van der Waals surface area contributed by atoms with E-state index in [9.17, 15) is 14.4 Å². The molecule has 1 aliphatic heterocycles. The Morgan fingerprint density at radius 3 is 2.25 bits per heavy atom. The summed E-state index contributed by atoms with van der Waals surface area (Å²) in [5.74, 6) is -0.267. The molecule has 1 saturated heterocycles. The molecule has 190 valence electrons. The number of hydrogen-bond donors (Lipinski definition) is 1. The number of ether oxygens (including phenoxy) is 3. The van der Waals surface area contributed by atoms with Gasteiger partial charge in [0.2, 0.25) is 0 Å². The van der Waals surface area contributed by atoms with E-state index in [-0.39, 0.29) is 24.7 Å². The molecule has 3 rings (SSSR count). The lowest BCUT2D eigenvalue weighted by Gasteiger charge is -2.33. The largest absolute Gasteiger partial charge is 0.484 e. The van der Waals surface area contributed by atoms with Crippen LogP contribution in [0.3, 0.4) is 0 Å². The number of carbonyl (C=O) groups is 3. The van der Waals surface area contributed by atoms with E-state index in [2.05, 4.69) is 11.4 Å². The Morgan fingerprint density at radius 2 is 1.67 bits per heavy atom. The van der Waals surface area contributed by atoms with Crippen molar-refractivity contribution in [3.8, 4) is 11.8 Å². The highest BCUT2D eigenvalue weighted by Crippen LogP contribution is 2.19. The molecule has 0 saturated carbocycles. The Morgan fingerprint density at radius 1 is 1.03 bits per heavy atom. The van der Waals surface area contributed by atoms with Crippen molar-refractivity contribution in [2.45, 2.75) is 51.7 Å². The van der Waals surface area contributed by atoms with Crippen molar-refractivity contribution in [2.75, 3.05) is 25.0 Å². The predicted molar refractivity (Wildman–Crippen MR) is 133 cm³/mol. The quantitative estimate of drug-likeness (QED) is 0.571. The summed E-state index contributed by atoms with van der Waals surface area (Å²) in [6.07, 6.45) is 0.767. The van der Waals surface area contributed by atoms with Crippen LogP contribution in [0.5, 0.6) is 5.75 Å². The van der Waals surface area contributed by atoms with Gasteiger partial charge in [-0.3, -0.25) is 4.79 Å². The van der Waals surface area contributed by atoms with Gasteiger partial charge < -0.3 is 24.4 Å². The van der Waals surface area contributed by atoms with E-state index < -0.39 is 11.6 Å². The number of anilines is 1. The number of benzene rings is 2. The van der Waals surface area contributed by atoms with Crippen LogP contribution in [-0.2, 0) is 20.7 Å². The first-order valence-electron chi connectivity index (χ1n) is 11.8. The van der Waals surface area contributed by atoms with E-state index in [1.807, 2.05) is 20.8 Å². The summed E-state index contributed by atoms with van der Waals surface area (Å²) < 4.78 is 16.4. The molecule has 1 N–H and O–H groups in total. The van der Waals surface area contributed by atoms with Crippen LogP contribution in [0.2, 0.25) is 0 Å². The van der Waals surface area contributed by atoms with Crippen LogP contribution < -0.4 is 10.1 Å². The smallest absolute Gasteiger partial charge is 0.410 e. The van der Waals surface area contributed by atoms with Crippen molar-refractivity contribution >= 4 is 23.7 Å². The summed E-state index contributed by atoms with van der Waals surface area (Å²) >= 11 is 0. The summed E-state index contributed by atoms with van der Waals surface area (Å²) in [7, 11) is 0. The molecule has 0 aromatic heterocycles. The molecular weight excluding hydrogens is 462 g/mol. The Bertz CT molecular complexity index is 1090. The minimum absolute atomic E-state index is 0.177. The van der Waals surface area contributed by atoms with Crippen molar-refractivity contribution in [2.24, 2.45) is 0 Å². The zero-order valence-corrected chi connectivity index (χ0v) is 20.8. The molecule has 0 aliphatic carbocycles. The maximum Gasteiger partial charge on any atom is 0.410 e. The van der Waals surface area contributed by atoms with Crippen LogP contribution in [0.1, 0.15) is 49.5 Å². The van der Waals surface area contributed by atoms with E-state index in [1.165, 1.54) is 0 Å². The molecule has 9 heteroatoms. The number of hydrogen-bond acceptors (Lipinski definition) is 7. The minimum atomic E-state index is -0.551. The van der Waals surface area contributed by atoms with E-state index in [1.54, 1.807) is 53.4 Å². The van der Waals surface area contributed by atoms with Gasteiger partial charge in [0.25, 0.3) is 5.91 Å². The monoisotopic (exact) mass is 493 g/mol. The summed E-state index contributed by atoms with van der Waals surface area (Å²) in [6.45, 7) is 6.21. The average molecular weight is 494 g/mol. The summed E-state index contributed by atoms with van der Waals surface area (Å²) in [4.78, 5) is 38.5. The number of nitrogens with zero attached hydrogens (tertiary/aromatic N) is 2. The van der Waals surface area contributed by atoms with Crippen LogP contribution in [0, 0.1) is 11.3 Å². The Balaban J connectivity index is 1.41. The molecule has 2 amide bonds. The second-order valence-electron chi connectivity index (χ2n) is 9.47. The Kier molecular flexibility index (Phi) is 8.90. The van der Waals surface area contributed by atoms with E-state index in [4.69, 9.17) is 19.5 Å². The highest BCUT2D eigenvalue weighted by molar-refractivity contribution is 5.93. The topological polar surface area (TPSA) is 118 Å². The first-order chi connectivity index (χ1) is 17.1. The Hall–Kier alpha value is -4.06. The first-order valence-corrected chi connectivity index (χ1v) is 11.8. The zero-order valence-electron chi connectivity index (χ0n) is 20.8. The van der Waals surface area contributed by atoms with Gasteiger partial charge in [0.1, 0.15) is 17.5 Å². The molecular formula is C27H31N3O6.